The van der Waals surface area contributed by atoms with Crippen molar-refractivity contribution in [2.24, 2.45) is 0 Å². The topological polar surface area (TPSA) is 3.24 Å². The molecule has 0 amide bonds. The molecule has 11 aromatic carbocycles. The number of hydrogen-bond donors (Lipinski definition) is 0. The molecule has 0 spiro atoms. The van der Waals surface area contributed by atoms with Gasteiger partial charge in [0.2, 0.25) is 0 Å². The average Bonchev–Trinajstić information content (AvgIpc) is 3.70. The molecule has 12 rings (SSSR count). The Hall–Kier alpha value is -8.52. The molecule has 1 nitrogen and oxygen atoms in total. The highest BCUT2D eigenvalue weighted by Crippen LogP contribution is 2.57. The Morgan fingerprint density at radius 3 is 1.52 bits per heavy atom. The average molecular weight is 840 g/mol. The summed E-state index contributed by atoms with van der Waals surface area (Å²) in [7, 11) is 0. The number of rotatable bonds is 9. The molecule has 1 heteroatoms. The SMILES string of the molecule is c1ccc(-c2ccc(N(c3cccc(-c4ccc5c(c4)C(c4ccccc4)(c4ccccc4)c4ccccc4-5)c3)c3ccccc3-c3ccc4ccccc4c3-c3ccccc3)cc2)cc1. The Morgan fingerprint density at radius 2 is 0.788 bits per heavy atom. The van der Waals surface area contributed by atoms with Crippen LogP contribution in [0.3, 0.4) is 0 Å². The molecule has 0 aliphatic heterocycles. The molecule has 0 aromatic heterocycles. The summed E-state index contributed by atoms with van der Waals surface area (Å²) in [4.78, 5) is 2.44. The Bertz CT molecular complexity index is 3460. The van der Waals surface area contributed by atoms with E-state index in [0.29, 0.717) is 0 Å². The maximum absolute atomic E-state index is 2.46. The molecule has 0 radical (unpaired) electrons. The third-order valence-electron chi connectivity index (χ3n) is 13.6. The molecule has 66 heavy (non-hydrogen) atoms. The highest BCUT2D eigenvalue weighted by Gasteiger charge is 2.46. The largest absolute Gasteiger partial charge is 0.310 e. The van der Waals surface area contributed by atoms with Gasteiger partial charge in [-0.15, -0.1) is 0 Å². The van der Waals surface area contributed by atoms with Gasteiger partial charge in [0, 0.05) is 16.9 Å². The molecule has 310 valence electrons. The van der Waals surface area contributed by atoms with Crippen molar-refractivity contribution in [3.8, 4) is 55.6 Å². The van der Waals surface area contributed by atoms with Gasteiger partial charge in [0.1, 0.15) is 0 Å². The summed E-state index contributed by atoms with van der Waals surface area (Å²) in [6.07, 6.45) is 0. The van der Waals surface area contributed by atoms with E-state index in [1.807, 2.05) is 0 Å². The standard InChI is InChI=1S/C65H45N/c1-5-20-46(21-6-1)47-36-40-54(41-37-47)66(63-35-18-16-33-59(63)60-43-38-48-22-13-14-31-56(48)64(60)49-23-7-2-8-24-49)55-30-19-25-50(44-55)51-39-42-58-57-32-15-17-34-61(57)65(62(58)45-51,52-26-9-3-10-27-52)53-28-11-4-12-29-53/h1-45H. The van der Waals surface area contributed by atoms with E-state index in [4.69, 9.17) is 0 Å². The molecule has 0 saturated carbocycles. The van der Waals surface area contributed by atoms with Crippen molar-refractivity contribution in [2.45, 2.75) is 5.41 Å². The number of nitrogens with zero attached hydrogens (tertiary/aromatic N) is 1. The second-order valence-electron chi connectivity index (χ2n) is 17.2. The first-order valence-electron chi connectivity index (χ1n) is 22.8. The van der Waals surface area contributed by atoms with Gasteiger partial charge >= 0.3 is 0 Å². The van der Waals surface area contributed by atoms with Crippen LogP contribution < -0.4 is 4.90 Å². The zero-order valence-electron chi connectivity index (χ0n) is 36.4. The quantitative estimate of drug-likeness (QED) is 0.140. The molecule has 11 aromatic rings. The summed E-state index contributed by atoms with van der Waals surface area (Å²) in [6.45, 7) is 0. The third kappa shape index (κ3) is 6.56. The number of para-hydroxylation sites is 1. The minimum Gasteiger partial charge on any atom is -0.310 e. The predicted molar refractivity (Wildman–Crippen MR) is 278 cm³/mol. The Balaban J connectivity index is 1.06. The normalized spacial score (nSPS) is 12.4. The van der Waals surface area contributed by atoms with Gasteiger partial charge < -0.3 is 4.90 Å². The smallest absolute Gasteiger partial charge is 0.0713 e. The summed E-state index contributed by atoms with van der Waals surface area (Å²) in [5, 5.41) is 2.46. The lowest BCUT2D eigenvalue weighted by Gasteiger charge is -2.34. The first-order chi connectivity index (χ1) is 32.8. The maximum Gasteiger partial charge on any atom is 0.0713 e. The van der Waals surface area contributed by atoms with Crippen LogP contribution in [0.2, 0.25) is 0 Å². The molecule has 0 unspecified atom stereocenters. The van der Waals surface area contributed by atoms with Gasteiger partial charge in [-0.1, -0.05) is 237 Å². The van der Waals surface area contributed by atoms with E-state index in [9.17, 15) is 0 Å². The van der Waals surface area contributed by atoms with Gasteiger partial charge in [-0.3, -0.25) is 0 Å². The van der Waals surface area contributed by atoms with E-state index >= 15 is 0 Å². The van der Waals surface area contributed by atoms with Gasteiger partial charge in [0.15, 0.2) is 0 Å². The Labute approximate surface area is 387 Å². The molecular formula is C65H45N. The van der Waals surface area contributed by atoms with Gasteiger partial charge in [-0.2, -0.15) is 0 Å². The third-order valence-corrected chi connectivity index (χ3v) is 13.6. The first kappa shape index (κ1) is 39.1. The van der Waals surface area contributed by atoms with Crippen LogP contribution in [0.15, 0.2) is 273 Å². The summed E-state index contributed by atoms with van der Waals surface area (Å²) in [6, 6.07) is 100. The van der Waals surface area contributed by atoms with E-state index in [-0.39, 0.29) is 0 Å². The van der Waals surface area contributed by atoms with Gasteiger partial charge in [0.05, 0.1) is 11.1 Å². The van der Waals surface area contributed by atoms with E-state index in [0.717, 1.165) is 28.2 Å². The van der Waals surface area contributed by atoms with Gasteiger partial charge in [-0.05, 0) is 119 Å². The molecule has 0 N–H and O–H groups in total. The van der Waals surface area contributed by atoms with Crippen LogP contribution in [-0.2, 0) is 5.41 Å². The summed E-state index contributed by atoms with van der Waals surface area (Å²) in [5.41, 5.74) is 20.0. The zero-order chi connectivity index (χ0) is 43.9. The lowest BCUT2D eigenvalue weighted by Crippen LogP contribution is -2.28. The Morgan fingerprint density at radius 1 is 0.273 bits per heavy atom. The highest BCUT2D eigenvalue weighted by molar-refractivity contribution is 6.06. The summed E-state index contributed by atoms with van der Waals surface area (Å²) in [5.74, 6) is 0. The second kappa shape index (κ2) is 16.6. The van der Waals surface area contributed by atoms with E-state index in [2.05, 4.69) is 278 Å². The van der Waals surface area contributed by atoms with Crippen molar-refractivity contribution in [2.75, 3.05) is 4.90 Å². The van der Waals surface area contributed by atoms with Crippen LogP contribution in [0.1, 0.15) is 22.3 Å². The zero-order valence-corrected chi connectivity index (χ0v) is 36.4. The molecule has 0 fully saturated rings. The Kier molecular flexibility index (Phi) is 9.81. The van der Waals surface area contributed by atoms with Crippen molar-refractivity contribution in [3.05, 3.63) is 295 Å². The van der Waals surface area contributed by atoms with Crippen LogP contribution in [0.25, 0.3) is 66.4 Å². The minimum atomic E-state index is -0.482. The summed E-state index contributed by atoms with van der Waals surface area (Å²) < 4.78 is 0. The second-order valence-corrected chi connectivity index (χ2v) is 17.2. The highest BCUT2D eigenvalue weighted by atomic mass is 15.1. The van der Waals surface area contributed by atoms with Gasteiger partial charge in [-0.25, -0.2) is 0 Å². The van der Waals surface area contributed by atoms with Crippen molar-refractivity contribution in [1.82, 2.24) is 0 Å². The van der Waals surface area contributed by atoms with Crippen LogP contribution >= 0.6 is 0 Å². The predicted octanol–water partition coefficient (Wildman–Crippen LogP) is 17.3. The van der Waals surface area contributed by atoms with Crippen LogP contribution in [0.5, 0.6) is 0 Å². The molecule has 1 aliphatic carbocycles. The fourth-order valence-corrected chi connectivity index (χ4v) is 10.6. The number of fused-ring (bicyclic) bond motifs is 4. The molecule has 0 bridgehead atoms. The van der Waals surface area contributed by atoms with Crippen molar-refractivity contribution < 1.29 is 0 Å². The monoisotopic (exact) mass is 839 g/mol. The molecule has 0 heterocycles. The number of benzene rings is 11. The molecule has 0 atom stereocenters. The van der Waals surface area contributed by atoms with Crippen LogP contribution in [0, 0.1) is 0 Å². The molecule has 0 saturated heterocycles. The first-order valence-corrected chi connectivity index (χ1v) is 22.8. The van der Waals surface area contributed by atoms with Crippen LogP contribution in [-0.4, -0.2) is 0 Å². The number of hydrogen-bond acceptors (Lipinski definition) is 1. The lowest BCUT2D eigenvalue weighted by molar-refractivity contribution is 0.769. The van der Waals surface area contributed by atoms with E-state index in [1.54, 1.807) is 0 Å². The van der Waals surface area contributed by atoms with Crippen molar-refractivity contribution in [1.29, 1.82) is 0 Å². The molecular weight excluding hydrogens is 795 g/mol. The van der Waals surface area contributed by atoms with E-state index in [1.165, 1.54) is 77.5 Å². The fraction of sp³-hybridized carbons (Fsp3) is 0.0154. The minimum absolute atomic E-state index is 0.482. The van der Waals surface area contributed by atoms with Crippen molar-refractivity contribution in [3.63, 3.8) is 0 Å². The van der Waals surface area contributed by atoms with E-state index < -0.39 is 5.41 Å². The summed E-state index contributed by atoms with van der Waals surface area (Å²) >= 11 is 0. The van der Waals surface area contributed by atoms with Crippen molar-refractivity contribution >= 4 is 27.8 Å². The fourth-order valence-electron chi connectivity index (χ4n) is 10.6. The maximum atomic E-state index is 2.46. The molecule has 1 aliphatic rings. The van der Waals surface area contributed by atoms with Crippen LogP contribution in [0.4, 0.5) is 17.1 Å². The number of anilines is 3. The van der Waals surface area contributed by atoms with Gasteiger partial charge in [0.25, 0.3) is 0 Å². The lowest BCUT2D eigenvalue weighted by atomic mass is 9.67.